The Hall–Kier alpha value is -3.38. The Balaban J connectivity index is 1.63. The number of para-hydroxylation sites is 1. The van der Waals surface area contributed by atoms with E-state index in [1.807, 2.05) is 31.2 Å². The van der Waals surface area contributed by atoms with Crippen molar-refractivity contribution in [3.8, 4) is 0 Å². The molecule has 6 heteroatoms. The molecule has 3 heterocycles. The lowest BCUT2D eigenvalue weighted by atomic mass is 9.88. The first-order chi connectivity index (χ1) is 15.2. The van der Waals surface area contributed by atoms with Gasteiger partial charge in [-0.15, -0.1) is 0 Å². The lowest BCUT2D eigenvalue weighted by Crippen LogP contribution is -2.39. The largest absolute Gasteiger partial charge is 0.466 e. The molecule has 4 aromatic rings. The van der Waals surface area contributed by atoms with Crippen molar-refractivity contribution >= 4 is 16.9 Å². The monoisotopic (exact) mass is 415 g/mol. The molecule has 0 saturated heterocycles. The molecule has 1 aliphatic heterocycles. The van der Waals surface area contributed by atoms with E-state index in [9.17, 15) is 4.79 Å². The first-order valence-corrected chi connectivity index (χ1v) is 10.7. The van der Waals surface area contributed by atoms with Gasteiger partial charge in [0.2, 0.25) is 0 Å². The van der Waals surface area contributed by atoms with Crippen LogP contribution in [0, 0.1) is 0 Å². The topological polar surface area (TPSA) is 71.4 Å². The Morgan fingerprint density at radius 3 is 2.77 bits per heavy atom. The number of nitrogens with one attached hydrogen (secondary N) is 1. The van der Waals surface area contributed by atoms with Crippen LogP contribution in [0.3, 0.4) is 0 Å². The van der Waals surface area contributed by atoms with Gasteiger partial charge in [-0.2, -0.15) is 0 Å². The van der Waals surface area contributed by atoms with Crippen LogP contribution in [-0.2, 0) is 22.5 Å². The van der Waals surface area contributed by atoms with Gasteiger partial charge >= 0.3 is 5.97 Å². The summed E-state index contributed by atoms with van der Waals surface area (Å²) in [6, 6.07) is 18.4. The molecule has 6 nitrogen and oxygen atoms in total. The molecular weight excluding hydrogens is 390 g/mol. The van der Waals surface area contributed by atoms with Gasteiger partial charge in [-0.25, -0.2) is 4.98 Å². The average molecular weight is 415 g/mol. The van der Waals surface area contributed by atoms with E-state index in [2.05, 4.69) is 45.2 Å². The average Bonchev–Trinajstić information content (AvgIpc) is 3.44. The first-order valence-electron chi connectivity index (χ1n) is 10.7. The van der Waals surface area contributed by atoms with E-state index in [1.54, 1.807) is 6.20 Å². The summed E-state index contributed by atoms with van der Waals surface area (Å²) in [4.78, 5) is 22.7. The number of carbonyl (C=O) groups is 1. The lowest BCUT2D eigenvalue weighted by molar-refractivity contribution is -0.145. The predicted molar refractivity (Wildman–Crippen MR) is 117 cm³/mol. The Kier molecular flexibility index (Phi) is 5.30. The van der Waals surface area contributed by atoms with Gasteiger partial charge in [0, 0.05) is 23.1 Å². The molecule has 5 rings (SSSR count). The molecule has 1 N–H and O–H groups in total. The summed E-state index contributed by atoms with van der Waals surface area (Å²) in [5.74, 6) is 0.606. The molecule has 0 spiro atoms. The van der Waals surface area contributed by atoms with Crippen LogP contribution in [0.15, 0.2) is 71.6 Å². The number of fused-ring (bicyclic) bond motifs is 3. The third kappa shape index (κ3) is 3.75. The number of carbonyl (C=O) groups excluding carboxylic acids is 1. The highest BCUT2D eigenvalue weighted by Crippen LogP contribution is 2.45. The molecule has 158 valence electrons. The smallest absolute Gasteiger partial charge is 0.307 e. The molecule has 0 fully saturated rings. The van der Waals surface area contributed by atoms with Crippen LogP contribution in [0.25, 0.3) is 10.9 Å². The van der Waals surface area contributed by atoms with E-state index >= 15 is 0 Å². The number of ether oxygens (including phenoxy) is 1. The zero-order valence-corrected chi connectivity index (χ0v) is 17.5. The van der Waals surface area contributed by atoms with Crippen molar-refractivity contribution in [3.05, 3.63) is 89.8 Å². The molecule has 2 atom stereocenters. The first kappa shape index (κ1) is 19.6. The summed E-state index contributed by atoms with van der Waals surface area (Å²) >= 11 is 0. The summed E-state index contributed by atoms with van der Waals surface area (Å²) in [5.41, 5.74) is 4.58. The fourth-order valence-electron chi connectivity index (χ4n) is 4.68. The van der Waals surface area contributed by atoms with Crippen LogP contribution >= 0.6 is 0 Å². The number of H-pyrrole nitrogens is 1. The summed E-state index contributed by atoms with van der Waals surface area (Å²) in [7, 11) is 0. The standard InChI is InChI=1S/C25H25N3O3/c1-2-30-24(29)13-22-25-19(18-10-6-7-11-20(18)27-25)12-21(23-14-26-16-31-23)28(22)15-17-8-4-3-5-9-17/h3-11,14,16,21-22,27H,2,12-13,15H2,1H3/t21-,22+/m0/s1. The molecule has 2 aromatic heterocycles. The van der Waals surface area contributed by atoms with Crippen LogP contribution in [0.5, 0.6) is 0 Å². The second-order valence-electron chi connectivity index (χ2n) is 7.87. The van der Waals surface area contributed by atoms with E-state index in [0.717, 1.165) is 23.4 Å². The van der Waals surface area contributed by atoms with E-state index in [-0.39, 0.29) is 24.5 Å². The second kappa shape index (κ2) is 8.40. The molecule has 0 bridgehead atoms. The number of benzene rings is 2. The molecule has 0 aliphatic carbocycles. The summed E-state index contributed by atoms with van der Waals surface area (Å²) in [6.07, 6.45) is 4.30. The van der Waals surface area contributed by atoms with Crippen molar-refractivity contribution in [3.63, 3.8) is 0 Å². The van der Waals surface area contributed by atoms with Crippen LogP contribution in [0.1, 0.15) is 48.0 Å². The van der Waals surface area contributed by atoms with Crippen molar-refractivity contribution in [1.82, 2.24) is 14.9 Å². The van der Waals surface area contributed by atoms with E-state index in [4.69, 9.17) is 9.15 Å². The number of oxazole rings is 1. The van der Waals surface area contributed by atoms with Gasteiger partial charge in [-0.3, -0.25) is 9.69 Å². The molecule has 1 aliphatic rings. The highest BCUT2D eigenvalue weighted by molar-refractivity contribution is 5.85. The van der Waals surface area contributed by atoms with Gasteiger partial charge in [-0.05, 0) is 30.5 Å². The van der Waals surface area contributed by atoms with Crippen LogP contribution in [0.4, 0.5) is 0 Å². The van der Waals surface area contributed by atoms with Crippen LogP contribution in [0.2, 0.25) is 0 Å². The van der Waals surface area contributed by atoms with Crippen molar-refractivity contribution in [1.29, 1.82) is 0 Å². The minimum atomic E-state index is -0.201. The van der Waals surface area contributed by atoms with E-state index in [0.29, 0.717) is 13.2 Å². The number of nitrogens with zero attached hydrogens (tertiary/aromatic N) is 2. The maximum atomic E-state index is 12.6. The van der Waals surface area contributed by atoms with Crippen molar-refractivity contribution < 1.29 is 13.9 Å². The Morgan fingerprint density at radius 2 is 2.00 bits per heavy atom. The van der Waals surface area contributed by atoms with Gasteiger partial charge in [0.05, 0.1) is 31.3 Å². The van der Waals surface area contributed by atoms with Gasteiger partial charge in [-0.1, -0.05) is 48.5 Å². The fraction of sp³-hybridized carbons (Fsp3) is 0.280. The minimum Gasteiger partial charge on any atom is -0.466 e. The third-order valence-electron chi connectivity index (χ3n) is 6.03. The number of hydrogen-bond acceptors (Lipinski definition) is 5. The summed E-state index contributed by atoms with van der Waals surface area (Å²) in [5, 5.41) is 1.19. The molecule has 0 saturated carbocycles. The number of esters is 1. The number of aromatic nitrogens is 2. The van der Waals surface area contributed by atoms with Gasteiger partial charge in [0.25, 0.3) is 0 Å². The summed E-state index contributed by atoms with van der Waals surface area (Å²) < 4.78 is 11.1. The third-order valence-corrected chi connectivity index (χ3v) is 6.03. The number of rotatable bonds is 6. The Labute approximate surface area is 180 Å². The lowest BCUT2D eigenvalue weighted by Gasteiger charge is -2.41. The fourth-order valence-corrected chi connectivity index (χ4v) is 4.68. The predicted octanol–water partition coefficient (Wildman–Crippen LogP) is 4.95. The highest BCUT2D eigenvalue weighted by atomic mass is 16.5. The van der Waals surface area contributed by atoms with E-state index in [1.165, 1.54) is 22.9 Å². The van der Waals surface area contributed by atoms with Gasteiger partial charge in [0.15, 0.2) is 6.39 Å². The molecule has 2 aromatic carbocycles. The van der Waals surface area contributed by atoms with Gasteiger partial charge < -0.3 is 14.1 Å². The van der Waals surface area contributed by atoms with Crippen molar-refractivity contribution in [2.75, 3.05) is 6.61 Å². The normalized spacial score (nSPS) is 18.7. The van der Waals surface area contributed by atoms with E-state index < -0.39 is 0 Å². The van der Waals surface area contributed by atoms with Gasteiger partial charge in [0.1, 0.15) is 5.76 Å². The van der Waals surface area contributed by atoms with Crippen LogP contribution < -0.4 is 0 Å². The van der Waals surface area contributed by atoms with Crippen LogP contribution in [-0.4, -0.2) is 27.4 Å². The molecule has 0 unspecified atom stereocenters. The zero-order chi connectivity index (χ0) is 21.2. The molecular formula is C25H25N3O3. The molecule has 0 radical (unpaired) electrons. The summed E-state index contributed by atoms with van der Waals surface area (Å²) in [6.45, 7) is 2.90. The SMILES string of the molecule is CCOC(=O)C[C@@H]1c2[nH]c3ccccc3c2C[C@@H](c2cnco2)N1Cc1ccccc1. The molecule has 31 heavy (non-hydrogen) atoms. The Morgan fingerprint density at radius 1 is 1.19 bits per heavy atom. The minimum absolute atomic E-state index is 0.0335. The van der Waals surface area contributed by atoms with Crippen molar-refractivity contribution in [2.45, 2.75) is 38.4 Å². The second-order valence-corrected chi connectivity index (χ2v) is 7.87. The highest BCUT2D eigenvalue weighted by Gasteiger charge is 2.40. The maximum absolute atomic E-state index is 12.6. The number of aromatic amines is 1. The number of hydrogen-bond donors (Lipinski definition) is 1. The quantitative estimate of drug-likeness (QED) is 0.451. The zero-order valence-electron chi connectivity index (χ0n) is 17.5. The molecule has 0 amide bonds. The maximum Gasteiger partial charge on any atom is 0.307 e. The Bertz CT molecular complexity index is 1170. The van der Waals surface area contributed by atoms with Crippen molar-refractivity contribution in [2.24, 2.45) is 0 Å².